The molecule has 9 nitrogen and oxygen atoms in total. The van der Waals surface area contributed by atoms with Gasteiger partial charge in [-0.2, -0.15) is 0 Å². The average molecular weight is 322 g/mol. The highest BCUT2D eigenvalue weighted by Gasteiger charge is 2.25. The van der Waals surface area contributed by atoms with Gasteiger partial charge in [0.05, 0.1) is 17.6 Å². The maximum absolute atomic E-state index is 12.9. The van der Waals surface area contributed by atoms with E-state index in [1.807, 2.05) is 4.72 Å². The summed E-state index contributed by atoms with van der Waals surface area (Å²) in [5.74, 6) is -2.16. The predicted octanol–water partition coefficient (Wildman–Crippen LogP) is 0.113. The number of carboxylic acid groups (broad SMARTS) is 1. The molecule has 0 amide bonds. The minimum absolute atomic E-state index is 0.236. The number of nitro benzene ring substituents is 1. The zero-order valence-electron chi connectivity index (χ0n) is 10.5. The Labute approximate surface area is 118 Å². The molecule has 0 saturated heterocycles. The van der Waals surface area contributed by atoms with E-state index < -0.39 is 43.9 Å². The van der Waals surface area contributed by atoms with E-state index in [4.69, 9.17) is 5.11 Å². The Bertz CT molecular complexity index is 647. The first-order chi connectivity index (χ1) is 9.74. The maximum atomic E-state index is 12.9. The molecule has 0 aliphatic heterocycles. The van der Waals surface area contributed by atoms with Crippen molar-refractivity contribution >= 4 is 21.7 Å². The van der Waals surface area contributed by atoms with Gasteiger partial charge in [-0.15, -0.1) is 0 Å². The fourth-order valence-electron chi connectivity index (χ4n) is 1.35. The molecule has 0 aliphatic rings. The minimum atomic E-state index is -4.24. The van der Waals surface area contributed by atoms with Crippen LogP contribution in [0.15, 0.2) is 23.1 Å². The Hall–Kier alpha value is -2.11. The third-order valence-electron chi connectivity index (χ3n) is 2.17. The zero-order chi connectivity index (χ0) is 16.0. The van der Waals surface area contributed by atoms with Gasteiger partial charge in [0.2, 0.25) is 10.0 Å². The number of nitrogens with one attached hydrogen (secondary N) is 1. The van der Waals surface area contributed by atoms with Crippen molar-refractivity contribution in [2.45, 2.75) is 4.90 Å². The molecule has 0 aliphatic carbocycles. The van der Waals surface area contributed by atoms with Crippen LogP contribution in [0.1, 0.15) is 0 Å². The summed E-state index contributed by atoms with van der Waals surface area (Å²) in [6.07, 6.45) is 0. The van der Waals surface area contributed by atoms with Gasteiger partial charge in [-0.1, -0.05) is 0 Å². The lowest BCUT2D eigenvalue weighted by molar-refractivity contribution is -0.388. The minimum Gasteiger partial charge on any atom is -0.480 e. The quantitative estimate of drug-likeness (QED) is 0.394. The van der Waals surface area contributed by atoms with Gasteiger partial charge in [-0.25, -0.2) is 22.3 Å². The summed E-state index contributed by atoms with van der Waals surface area (Å²) in [7, 11) is -4.24. The Kier molecular flexibility index (Phi) is 5.69. The largest absolute Gasteiger partial charge is 0.480 e. The Balaban J connectivity index is 2.79. The molecule has 116 valence electrons. The monoisotopic (exact) mass is 322 g/mol. The van der Waals surface area contributed by atoms with Gasteiger partial charge >= 0.3 is 5.97 Å². The lowest BCUT2D eigenvalue weighted by Gasteiger charge is -2.07. The molecule has 0 atom stereocenters. The van der Waals surface area contributed by atoms with Crippen molar-refractivity contribution in [2.75, 3.05) is 19.8 Å². The third-order valence-corrected chi connectivity index (χ3v) is 3.68. The van der Waals surface area contributed by atoms with Crippen LogP contribution in [0.4, 0.5) is 10.1 Å². The van der Waals surface area contributed by atoms with E-state index in [9.17, 15) is 27.7 Å². The van der Waals surface area contributed by atoms with Crippen molar-refractivity contribution < 1.29 is 32.4 Å². The molecule has 1 aromatic carbocycles. The maximum Gasteiger partial charge on any atom is 0.329 e. The Morgan fingerprint density at radius 1 is 1.48 bits per heavy atom. The van der Waals surface area contributed by atoms with Crippen LogP contribution in [0.3, 0.4) is 0 Å². The molecule has 0 spiro atoms. The van der Waals surface area contributed by atoms with E-state index >= 15 is 0 Å². The highest BCUT2D eigenvalue weighted by molar-refractivity contribution is 7.89. The zero-order valence-corrected chi connectivity index (χ0v) is 11.3. The molecule has 2 N–H and O–H groups in total. The lowest BCUT2D eigenvalue weighted by Crippen LogP contribution is -2.28. The summed E-state index contributed by atoms with van der Waals surface area (Å²) >= 11 is 0. The molecule has 0 unspecified atom stereocenters. The molecule has 0 saturated carbocycles. The Morgan fingerprint density at radius 2 is 2.14 bits per heavy atom. The van der Waals surface area contributed by atoms with E-state index in [1.54, 1.807) is 0 Å². The average Bonchev–Trinajstić information content (AvgIpc) is 2.37. The van der Waals surface area contributed by atoms with Gasteiger partial charge in [-0.05, 0) is 12.1 Å². The van der Waals surface area contributed by atoms with Gasteiger partial charge in [0, 0.05) is 6.54 Å². The van der Waals surface area contributed by atoms with Crippen LogP contribution in [0, 0.1) is 15.9 Å². The number of nitrogens with zero attached hydrogens (tertiary/aromatic N) is 1. The molecule has 0 bridgehead atoms. The van der Waals surface area contributed by atoms with Crippen LogP contribution < -0.4 is 4.72 Å². The first-order valence-electron chi connectivity index (χ1n) is 5.47. The number of benzene rings is 1. The first-order valence-corrected chi connectivity index (χ1v) is 6.95. The molecule has 0 radical (unpaired) electrons. The van der Waals surface area contributed by atoms with E-state index in [-0.39, 0.29) is 13.2 Å². The van der Waals surface area contributed by atoms with E-state index in [2.05, 4.69) is 4.74 Å². The second-order valence-corrected chi connectivity index (χ2v) is 5.45. The fourth-order valence-corrected chi connectivity index (χ4v) is 2.51. The Morgan fingerprint density at radius 3 is 2.71 bits per heavy atom. The predicted molar refractivity (Wildman–Crippen MR) is 66.7 cm³/mol. The number of carbonyl (C=O) groups is 1. The third kappa shape index (κ3) is 5.06. The molecule has 0 aromatic heterocycles. The van der Waals surface area contributed by atoms with Crippen molar-refractivity contribution in [3.05, 3.63) is 34.1 Å². The van der Waals surface area contributed by atoms with Crippen molar-refractivity contribution in [3.63, 3.8) is 0 Å². The van der Waals surface area contributed by atoms with Crippen molar-refractivity contribution in [1.82, 2.24) is 4.72 Å². The lowest BCUT2D eigenvalue weighted by atomic mass is 10.3. The number of carboxylic acids is 1. The van der Waals surface area contributed by atoms with Crippen LogP contribution in [0.2, 0.25) is 0 Å². The van der Waals surface area contributed by atoms with Crippen molar-refractivity contribution in [2.24, 2.45) is 0 Å². The number of nitro groups is 1. The number of aliphatic carboxylic acids is 1. The second-order valence-electron chi connectivity index (χ2n) is 3.71. The number of sulfonamides is 1. The topological polar surface area (TPSA) is 136 Å². The number of halogens is 1. The molecular formula is C10H11FN2O7S. The molecule has 0 heterocycles. The van der Waals surface area contributed by atoms with Crippen LogP contribution in [-0.4, -0.2) is 44.2 Å². The molecule has 21 heavy (non-hydrogen) atoms. The van der Waals surface area contributed by atoms with Crippen LogP contribution in [0.5, 0.6) is 0 Å². The van der Waals surface area contributed by atoms with Crippen molar-refractivity contribution in [3.8, 4) is 0 Å². The van der Waals surface area contributed by atoms with Gasteiger partial charge in [0.1, 0.15) is 12.4 Å². The van der Waals surface area contributed by atoms with Gasteiger partial charge in [0.15, 0.2) is 4.90 Å². The van der Waals surface area contributed by atoms with Gasteiger partial charge in [0.25, 0.3) is 5.69 Å². The van der Waals surface area contributed by atoms with E-state index in [0.717, 1.165) is 12.1 Å². The van der Waals surface area contributed by atoms with Crippen LogP contribution >= 0.6 is 0 Å². The fraction of sp³-hybridized carbons (Fsp3) is 0.300. The standard InChI is InChI=1S/C10H11FN2O7S/c11-7-1-2-9(8(5-7)13(16)17)21(18,19)12-3-4-20-6-10(14)15/h1-2,5,12H,3-4,6H2,(H,14,15). The number of ether oxygens (including phenoxy) is 1. The summed E-state index contributed by atoms with van der Waals surface area (Å²) < 4.78 is 43.2. The SMILES string of the molecule is O=C(O)COCCNS(=O)(=O)c1ccc(F)cc1[N+](=O)[O-]. The molecule has 1 aromatic rings. The van der Waals surface area contributed by atoms with E-state index in [1.165, 1.54) is 0 Å². The van der Waals surface area contributed by atoms with Gasteiger partial charge < -0.3 is 9.84 Å². The second kappa shape index (κ2) is 7.06. The smallest absolute Gasteiger partial charge is 0.329 e. The van der Waals surface area contributed by atoms with E-state index in [0.29, 0.717) is 6.07 Å². The highest BCUT2D eigenvalue weighted by atomic mass is 32.2. The van der Waals surface area contributed by atoms with Crippen LogP contribution in [-0.2, 0) is 19.6 Å². The number of hydrogen-bond acceptors (Lipinski definition) is 6. The number of rotatable bonds is 8. The summed E-state index contributed by atoms with van der Waals surface area (Å²) in [5, 5.41) is 19.0. The summed E-state index contributed by atoms with van der Waals surface area (Å²) in [6.45, 7) is -1.12. The highest BCUT2D eigenvalue weighted by Crippen LogP contribution is 2.24. The summed E-state index contributed by atoms with van der Waals surface area (Å²) in [6, 6.07) is 2.05. The van der Waals surface area contributed by atoms with Crippen LogP contribution in [0.25, 0.3) is 0 Å². The normalized spacial score (nSPS) is 11.3. The molecule has 1 rings (SSSR count). The molecule has 0 fully saturated rings. The van der Waals surface area contributed by atoms with Gasteiger partial charge in [-0.3, -0.25) is 10.1 Å². The first kappa shape index (κ1) is 16.9. The molecular weight excluding hydrogens is 311 g/mol. The van der Waals surface area contributed by atoms with Crippen molar-refractivity contribution in [1.29, 1.82) is 0 Å². The summed E-state index contributed by atoms with van der Waals surface area (Å²) in [5.41, 5.74) is -0.894. The molecule has 11 heteroatoms. The summed E-state index contributed by atoms with van der Waals surface area (Å²) in [4.78, 5) is 19.2. The number of hydrogen-bond donors (Lipinski definition) is 2.